The van der Waals surface area contributed by atoms with Crippen LogP contribution in [0.1, 0.15) is 19.8 Å². The van der Waals surface area contributed by atoms with E-state index in [0.29, 0.717) is 6.42 Å². The number of rotatable bonds is 6. The van der Waals surface area contributed by atoms with Gasteiger partial charge in [-0.15, -0.1) is 23.2 Å². The summed E-state index contributed by atoms with van der Waals surface area (Å²) in [6.45, 7) is 1.34. The molecule has 0 aromatic heterocycles. The number of alkyl halides is 2. The molecule has 119 valence electrons. The highest BCUT2D eigenvalue weighted by molar-refractivity contribution is 6.49. The van der Waals surface area contributed by atoms with Crippen LogP contribution in [0.25, 0.3) is 0 Å². The summed E-state index contributed by atoms with van der Waals surface area (Å²) < 4.78 is 3.14. The third kappa shape index (κ3) is 3.98. The highest BCUT2D eigenvalue weighted by atomic mass is 35.5. The van der Waals surface area contributed by atoms with Crippen molar-refractivity contribution in [2.24, 2.45) is 0 Å². The second kappa shape index (κ2) is 6.96. The zero-order valence-corrected chi connectivity index (χ0v) is 13.8. The lowest BCUT2D eigenvalue weighted by Crippen LogP contribution is -2.64. The number of methoxy groups -OCH3 is 1. The largest absolute Gasteiger partial charge is 0.468 e. The number of carbonyl (C=O) groups excluding carboxylic acids is 1. The summed E-state index contributed by atoms with van der Waals surface area (Å²) >= 11 is 11.5. The maximum atomic E-state index is 11.9. The van der Waals surface area contributed by atoms with E-state index in [4.69, 9.17) is 27.9 Å². The Balaban J connectivity index is 2.15. The maximum absolute atomic E-state index is 11.9. The van der Waals surface area contributed by atoms with Gasteiger partial charge in [0.2, 0.25) is 5.70 Å². The predicted octanol–water partition coefficient (Wildman–Crippen LogP) is 0.927. The molecule has 0 spiro atoms. The van der Waals surface area contributed by atoms with Crippen LogP contribution in [0.3, 0.4) is 0 Å². The average molecular weight is 344 g/mol. The number of halogens is 2. The van der Waals surface area contributed by atoms with Gasteiger partial charge in [-0.05, 0) is 6.42 Å². The molecular formula is C15H17Cl2N2O3. The third-order valence-electron chi connectivity index (χ3n) is 3.45. The summed E-state index contributed by atoms with van der Waals surface area (Å²) in [6.07, 6.45) is 8.22. The second-order valence-electron chi connectivity index (χ2n) is 5.15. The monoisotopic (exact) mass is 343 g/mol. The maximum Gasteiger partial charge on any atom is 0.320 e. The fourth-order valence-electron chi connectivity index (χ4n) is 2.27. The molecule has 0 aromatic rings. The zero-order chi connectivity index (χ0) is 16.3. The lowest BCUT2D eigenvalue weighted by molar-refractivity contribution is -0.382. The van der Waals surface area contributed by atoms with Gasteiger partial charge in [0.15, 0.2) is 6.21 Å². The lowest BCUT2D eigenvalue weighted by Gasteiger charge is -2.36. The molecule has 0 saturated heterocycles. The summed E-state index contributed by atoms with van der Waals surface area (Å²) in [6, 6.07) is -0.847. The van der Waals surface area contributed by atoms with Crippen LogP contribution >= 0.6 is 23.2 Å². The van der Waals surface area contributed by atoms with E-state index in [1.54, 1.807) is 0 Å². The molecule has 5 nitrogen and oxygen atoms in total. The van der Waals surface area contributed by atoms with Crippen molar-refractivity contribution in [3.05, 3.63) is 41.3 Å². The fourth-order valence-corrected chi connectivity index (χ4v) is 2.38. The Hall–Kier alpha value is -1.14. The van der Waals surface area contributed by atoms with Gasteiger partial charge in [-0.3, -0.25) is 4.79 Å². The molecule has 1 radical (unpaired) electrons. The van der Waals surface area contributed by atoms with Gasteiger partial charge in [-0.2, -0.15) is 0 Å². The summed E-state index contributed by atoms with van der Waals surface area (Å²) in [5.74, 6) is -0.545. The number of nitrogens with one attached hydrogen (secondary N) is 2. The van der Waals surface area contributed by atoms with Crippen molar-refractivity contribution in [3.63, 3.8) is 0 Å². The summed E-state index contributed by atoms with van der Waals surface area (Å²) in [4.78, 5) is 15.1. The minimum absolute atomic E-state index is 0.301. The van der Waals surface area contributed by atoms with Crippen LogP contribution in [0, 0.1) is 6.23 Å². The Labute approximate surface area is 139 Å². The molecule has 22 heavy (non-hydrogen) atoms. The Morgan fingerprint density at radius 1 is 1.59 bits per heavy atom. The van der Waals surface area contributed by atoms with E-state index in [0.717, 1.165) is 23.3 Å². The Morgan fingerprint density at radius 2 is 2.32 bits per heavy atom. The Morgan fingerprint density at radius 3 is 2.95 bits per heavy atom. The van der Waals surface area contributed by atoms with Crippen molar-refractivity contribution in [3.8, 4) is 0 Å². The van der Waals surface area contributed by atoms with Crippen molar-refractivity contribution < 1.29 is 19.6 Å². The molecule has 1 aliphatic carbocycles. The van der Waals surface area contributed by atoms with Crippen LogP contribution in [-0.4, -0.2) is 29.7 Å². The van der Waals surface area contributed by atoms with Crippen LogP contribution in [0.4, 0.5) is 0 Å². The summed E-state index contributed by atoms with van der Waals surface area (Å²) in [7, 11) is 1.27. The molecule has 1 heterocycles. The first-order valence-electron chi connectivity index (χ1n) is 6.78. The van der Waals surface area contributed by atoms with Crippen LogP contribution in [-0.2, 0) is 14.6 Å². The molecule has 0 fully saturated rings. The Bertz CT molecular complexity index is 574. The molecule has 1 atom stereocenters. The first kappa shape index (κ1) is 17.2. The van der Waals surface area contributed by atoms with Crippen LogP contribution < -0.4 is 10.3 Å². The smallest absolute Gasteiger partial charge is 0.320 e. The molecule has 2 N–H and O–H groups in total. The van der Waals surface area contributed by atoms with Crippen molar-refractivity contribution >= 4 is 35.4 Å². The van der Waals surface area contributed by atoms with E-state index in [2.05, 4.69) is 10.3 Å². The van der Waals surface area contributed by atoms with E-state index < -0.39 is 22.6 Å². The molecule has 0 amide bonds. The molecule has 0 unspecified atom stereocenters. The van der Waals surface area contributed by atoms with Crippen LogP contribution in [0.2, 0.25) is 0 Å². The number of ether oxygens (including phenoxy) is 1. The average Bonchev–Trinajstić information content (AvgIpc) is 2.88. The standard InChI is InChI=1S/C15H16Cl2N2O3/c1-15(16,17)14(21)19-12(13(20)22-2)7-9-8-18-11-6-4-3-5-10(9)11/h3-4,6,8,12,19H,5,7H2,1-2H3/q-1/p+1/t12-/m0/s1. The highest BCUT2D eigenvalue weighted by Crippen LogP contribution is 2.29. The van der Waals surface area contributed by atoms with Crippen LogP contribution in [0.5, 0.6) is 0 Å². The Kier molecular flexibility index (Phi) is 5.45. The van der Waals surface area contributed by atoms with E-state index in [9.17, 15) is 9.90 Å². The molecule has 0 aromatic carbocycles. The van der Waals surface area contributed by atoms with Gasteiger partial charge in [0.25, 0.3) is 0 Å². The number of fused-ring (bicyclic) bond motifs is 1. The zero-order valence-electron chi connectivity index (χ0n) is 12.3. The summed E-state index contributed by atoms with van der Waals surface area (Å²) in [5, 5.41) is 14.4. The van der Waals surface area contributed by atoms with Crippen molar-refractivity contribution in [2.45, 2.75) is 30.1 Å². The topological polar surface area (TPSA) is 72.2 Å². The van der Waals surface area contributed by atoms with Gasteiger partial charge < -0.3 is 15.2 Å². The SMILES string of the molecule is COC(=O)[C@H](CC1=C2CC=CC=C2[NH+]=C1)N[C-]([O])C(C)(Cl)Cl. The van der Waals surface area contributed by atoms with Gasteiger partial charge in [0.1, 0.15) is 0 Å². The molecule has 2 rings (SSSR count). The van der Waals surface area contributed by atoms with Crippen molar-refractivity contribution in [1.29, 1.82) is 0 Å². The molecule has 7 heteroatoms. The van der Waals surface area contributed by atoms with Crippen molar-refractivity contribution in [1.82, 2.24) is 5.32 Å². The summed E-state index contributed by atoms with van der Waals surface area (Å²) in [5.41, 5.74) is 3.05. The number of hydrogen-bond acceptors (Lipinski definition) is 3. The van der Waals surface area contributed by atoms with E-state index >= 15 is 0 Å². The van der Waals surface area contributed by atoms with E-state index in [1.165, 1.54) is 14.0 Å². The van der Waals surface area contributed by atoms with Gasteiger partial charge in [0, 0.05) is 28.0 Å². The van der Waals surface area contributed by atoms with Gasteiger partial charge in [0.05, 0.1) is 13.2 Å². The molecule has 0 saturated carbocycles. The third-order valence-corrected chi connectivity index (χ3v) is 3.79. The van der Waals surface area contributed by atoms with Gasteiger partial charge in [-0.25, -0.2) is 4.99 Å². The predicted molar refractivity (Wildman–Crippen MR) is 83.5 cm³/mol. The number of hydrogen-bond donors (Lipinski definition) is 2. The molecule has 0 bridgehead atoms. The molecule has 1 aliphatic heterocycles. The fraction of sp³-hybridized carbons (Fsp3) is 0.400. The van der Waals surface area contributed by atoms with Crippen LogP contribution in [0.15, 0.2) is 35.1 Å². The number of allylic oxidation sites excluding steroid dienone is 4. The van der Waals surface area contributed by atoms with Gasteiger partial charge in [-0.1, -0.05) is 25.3 Å². The van der Waals surface area contributed by atoms with E-state index in [-0.39, 0.29) is 0 Å². The number of esters is 1. The lowest BCUT2D eigenvalue weighted by atomic mass is 9.96. The second-order valence-corrected chi connectivity index (χ2v) is 6.85. The quantitative estimate of drug-likeness (QED) is 0.428. The van der Waals surface area contributed by atoms with Gasteiger partial charge >= 0.3 is 5.97 Å². The first-order valence-corrected chi connectivity index (χ1v) is 7.54. The number of carbonyl (C=O) groups is 1. The first-order chi connectivity index (χ1) is 10.3. The highest BCUT2D eigenvalue weighted by Gasteiger charge is 2.29. The normalized spacial score (nSPS) is 18.5. The molecular weight excluding hydrogens is 327 g/mol. The minimum Gasteiger partial charge on any atom is -0.468 e. The van der Waals surface area contributed by atoms with E-state index in [1.807, 2.05) is 24.4 Å². The minimum atomic E-state index is -1.61. The van der Waals surface area contributed by atoms with Crippen molar-refractivity contribution in [2.75, 3.05) is 7.11 Å². The molecule has 2 aliphatic rings.